The Morgan fingerprint density at radius 2 is 2.21 bits per heavy atom. The SMILES string of the molecule is Nc1ncnc2c1cc1n2CC=Cc2ccncc2-1. The van der Waals surface area contributed by atoms with Gasteiger partial charge in [0.05, 0.1) is 11.1 Å². The number of hydrogen-bond donors (Lipinski definition) is 1. The molecule has 3 aromatic heterocycles. The molecule has 0 fully saturated rings. The van der Waals surface area contributed by atoms with Crippen LogP contribution in [0.1, 0.15) is 5.56 Å². The molecule has 2 N–H and O–H groups in total. The maximum atomic E-state index is 5.93. The van der Waals surface area contributed by atoms with Crippen LogP contribution in [0.25, 0.3) is 28.4 Å². The lowest BCUT2D eigenvalue weighted by Gasteiger charge is -2.06. The number of anilines is 1. The largest absolute Gasteiger partial charge is 0.383 e. The van der Waals surface area contributed by atoms with E-state index in [-0.39, 0.29) is 0 Å². The van der Waals surface area contributed by atoms with Gasteiger partial charge in [-0.1, -0.05) is 12.2 Å². The highest BCUT2D eigenvalue weighted by Crippen LogP contribution is 2.33. The summed E-state index contributed by atoms with van der Waals surface area (Å²) < 4.78 is 2.14. The van der Waals surface area contributed by atoms with Gasteiger partial charge in [0.15, 0.2) is 0 Å². The third-order valence-electron chi connectivity index (χ3n) is 3.44. The number of allylic oxidation sites excluding steroid dienone is 1. The molecule has 0 saturated carbocycles. The first-order chi connectivity index (χ1) is 9.34. The number of fused-ring (bicyclic) bond motifs is 5. The van der Waals surface area contributed by atoms with Crippen LogP contribution in [0.5, 0.6) is 0 Å². The number of aromatic nitrogens is 4. The van der Waals surface area contributed by atoms with E-state index >= 15 is 0 Å². The van der Waals surface area contributed by atoms with E-state index in [1.165, 1.54) is 6.33 Å². The first-order valence-electron chi connectivity index (χ1n) is 6.05. The molecule has 0 saturated heterocycles. The van der Waals surface area contributed by atoms with Crippen molar-refractivity contribution in [1.82, 2.24) is 19.5 Å². The summed E-state index contributed by atoms with van der Waals surface area (Å²) in [5.41, 5.74) is 10.1. The quantitative estimate of drug-likeness (QED) is 0.662. The molecular weight excluding hydrogens is 238 g/mol. The topological polar surface area (TPSA) is 69.6 Å². The van der Waals surface area contributed by atoms with Gasteiger partial charge >= 0.3 is 0 Å². The third-order valence-corrected chi connectivity index (χ3v) is 3.44. The van der Waals surface area contributed by atoms with Crippen LogP contribution in [0.2, 0.25) is 0 Å². The second-order valence-electron chi connectivity index (χ2n) is 4.50. The molecule has 0 aromatic carbocycles. The second-order valence-corrected chi connectivity index (χ2v) is 4.50. The summed E-state index contributed by atoms with van der Waals surface area (Å²) in [6.45, 7) is 0.768. The van der Waals surface area contributed by atoms with E-state index in [1.807, 2.05) is 18.3 Å². The molecule has 3 aromatic rings. The first kappa shape index (κ1) is 10.3. The number of nitrogens with two attached hydrogens (primary N) is 1. The summed E-state index contributed by atoms with van der Waals surface area (Å²) >= 11 is 0. The van der Waals surface area contributed by atoms with Crippen molar-refractivity contribution in [1.29, 1.82) is 0 Å². The van der Waals surface area contributed by atoms with E-state index in [1.54, 1.807) is 6.20 Å². The van der Waals surface area contributed by atoms with Gasteiger partial charge in [0, 0.05) is 24.5 Å². The van der Waals surface area contributed by atoms with Gasteiger partial charge in [0.25, 0.3) is 0 Å². The smallest absolute Gasteiger partial charge is 0.146 e. The van der Waals surface area contributed by atoms with E-state index in [2.05, 4.69) is 31.7 Å². The van der Waals surface area contributed by atoms with Crippen LogP contribution in [-0.4, -0.2) is 19.5 Å². The Labute approximate surface area is 109 Å². The van der Waals surface area contributed by atoms with Crippen molar-refractivity contribution in [2.24, 2.45) is 0 Å². The Bertz CT molecular complexity index is 816. The average molecular weight is 249 g/mol. The van der Waals surface area contributed by atoms with Crippen molar-refractivity contribution in [3.8, 4) is 11.3 Å². The van der Waals surface area contributed by atoms with Gasteiger partial charge in [-0.05, 0) is 17.7 Å². The fourth-order valence-corrected chi connectivity index (χ4v) is 2.54. The number of nitrogen functional groups attached to an aromatic ring is 1. The minimum atomic E-state index is 0.514. The lowest BCUT2D eigenvalue weighted by Crippen LogP contribution is -1.99. The zero-order valence-electron chi connectivity index (χ0n) is 10.1. The number of nitrogens with zero attached hydrogens (tertiary/aromatic N) is 4. The molecule has 1 aliphatic rings. The minimum Gasteiger partial charge on any atom is -0.383 e. The highest BCUT2D eigenvalue weighted by atomic mass is 15.1. The van der Waals surface area contributed by atoms with Crippen LogP contribution in [0.15, 0.2) is 36.9 Å². The molecule has 0 radical (unpaired) electrons. The molecule has 0 bridgehead atoms. The highest BCUT2D eigenvalue weighted by Gasteiger charge is 2.16. The zero-order chi connectivity index (χ0) is 12.8. The predicted molar refractivity (Wildman–Crippen MR) is 74.2 cm³/mol. The average Bonchev–Trinajstić information content (AvgIpc) is 2.71. The number of rotatable bonds is 0. The van der Waals surface area contributed by atoms with Gasteiger partial charge in [-0.25, -0.2) is 9.97 Å². The summed E-state index contributed by atoms with van der Waals surface area (Å²) in [5.74, 6) is 0.514. The summed E-state index contributed by atoms with van der Waals surface area (Å²) in [7, 11) is 0. The van der Waals surface area contributed by atoms with Gasteiger partial charge in [-0.2, -0.15) is 0 Å². The predicted octanol–water partition coefficient (Wildman–Crippen LogP) is 2.10. The van der Waals surface area contributed by atoms with Crippen molar-refractivity contribution < 1.29 is 0 Å². The Morgan fingerprint density at radius 1 is 1.26 bits per heavy atom. The molecule has 92 valence electrons. The van der Waals surface area contributed by atoms with E-state index < -0.39 is 0 Å². The zero-order valence-corrected chi connectivity index (χ0v) is 10.1. The van der Waals surface area contributed by atoms with Gasteiger partial charge < -0.3 is 10.3 Å². The molecule has 0 aliphatic carbocycles. The van der Waals surface area contributed by atoms with Crippen molar-refractivity contribution in [2.75, 3.05) is 5.73 Å². The van der Waals surface area contributed by atoms with Crippen LogP contribution < -0.4 is 5.73 Å². The Hall–Kier alpha value is -2.69. The van der Waals surface area contributed by atoms with Crippen LogP contribution in [0.4, 0.5) is 5.82 Å². The maximum absolute atomic E-state index is 5.93. The molecule has 5 nitrogen and oxygen atoms in total. The van der Waals surface area contributed by atoms with Crippen LogP contribution in [0.3, 0.4) is 0 Å². The van der Waals surface area contributed by atoms with Crippen LogP contribution >= 0.6 is 0 Å². The van der Waals surface area contributed by atoms with Crippen molar-refractivity contribution in [3.05, 3.63) is 42.5 Å². The van der Waals surface area contributed by atoms with Crippen molar-refractivity contribution in [3.63, 3.8) is 0 Å². The molecule has 0 unspecified atom stereocenters. The van der Waals surface area contributed by atoms with E-state index in [0.29, 0.717) is 5.82 Å². The van der Waals surface area contributed by atoms with Gasteiger partial charge in [-0.3, -0.25) is 4.98 Å². The monoisotopic (exact) mass is 249 g/mol. The molecular formula is C14H11N5. The molecule has 19 heavy (non-hydrogen) atoms. The Balaban J connectivity index is 2.14. The molecule has 0 atom stereocenters. The normalized spacial score (nSPS) is 13.1. The number of hydrogen-bond acceptors (Lipinski definition) is 4. The van der Waals surface area contributed by atoms with Gasteiger partial charge in [0.1, 0.15) is 17.8 Å². The Morgan fingerprint density at radius 3 is 3.16 bits per heavy atom. The van der Waals surface area contributed by atoms with Gasteiger partial charge in [0.2, 0.25) is 0 Å². The van der Waals surface area contributed by atoms with Crippen molar-refractivity contribution in [2.45, 2.75) is 6.54 Å². The molecule has 0 spiro atoms. The summed E-state index contributed by atoms with van der Waals surface area (Å²) in [4.78, 5) is 12.6. The summed E-state index contributed by atoms with van der Waals surface area (Å²) in [5, 5.41) is 0.891. The molecule has 5 heteroatoms. The maximum Gasteiger partial charge on any atom is 0.146 e. The van der Waals surface area contributed by atoms with Crippen molar-refractivity contribution >= 4 is 22.9 Å². The van der Waals surface area contributed by atoms with Crippen LogP contribution in [0, 0.1) is 0 Å². The highest BCUT2D eigenvalue weighted by molar-refractivity contribution is 5.93. The Kier molecular flexibility index (Phi) is 1.97. The lowest BCUT2D eigenvalue weighted by molar-refractivity contribution is 0.862. The van der Waals surface area contributed by atoms with Crippen LogP contribution in [-0.2, 0) is 6.54 Å². The van der Waals surface area contributed by atoms with Gasteiger partial charge in [-0.15, -0.1) is 0 Å². The summed E-state index contributed by atoms with van der Waals surface area (Å²) in [6.07, 6.45) is 9.41. The minimum absolute atomic E-state index is 0.514. The molecule has 4 heterocycles. The van der Waals surface area contributed by atoms with E-state index in [9.17, 15) is 0 Å². The molecule has 4 rings (SSSR count). The van der Waals surface area contributed by atoms with E-state index in [0.717, 1.165) is 34.4 Å². The summed E-state index contributed by atoms with van der Waals surface area (Å²) in [6, 6.07) is 4.05. The first-order valence-corrected chi connectivity index (χ1v) is 6.05. The number of pyridine rings is 1. The lowest BCUT2D eigenvalue weighted by atomic mass is 10.1. The molecule has 1 aliphatic heterocycles. The standard InChI is InChI=1S/C14H11N5/c15-13-10-6-12-11-7-16-4-3-9(11)2-1-5-19(12)14(10)18-8-17-13/h1-4,6-8H,5H2,(H2,15,17,18). The fourth-order valence-electron chi connectivity index (χ4n) is 2.54. The third kappa shape index (κ3) is 1.38. The second kappa shape index (κ2) is 3.65. The van der Waals surface area contributed by atoms with E-state index in [4.69, 9.17) is 5.73 Å². The fraction of sp³-hybridized carbons (Fsp3) is 0.0714. The molecule has 0 amide bonds.